The van der Waals surface area contributed by atoms with Gasteiger partial charge in [-0.05, 0) is 33.2 Å². The Hall–Kier alpha value is -0.570. The summed E-state index contributed by atoms with van der Waals surface area (Å²) in [6.45, 7) is 9.14. The van der Waals surface area contributed by atoms with Gasteiger partial charge in [-0.2, -0.15) is 0 Å². The van der Waals surface area contributed by atoms with Crippen LogP contribution in [0.25, 0.3) is 0 Å². The molecule has 0 atom stereocenters. The number of nitrogens with zero attached hydrogens (tertiary/aromatic N) is 1. The van der Waals surface area contributed by atoms with Crippen LogP contribution in [0.1, 0.15) is 40.0 Å². The van der Waals surface area contributed by atoms with E-state index in [0.29, 0.717) is 12.3 Å². The van der Waals surface area contributed by atoms with Crippen LogP contribution in [0, 0.1) is 0 Å². The molecule has 0 unspecified atom stereocenters. The van der Waals surface area contributed by atoms with Crippen molar-refractivity contribution in [3.05, 3.63) is 0 Å². The third kappa shape index (κ3) is 3.29. The summed E-state index contributed by atoms with van der Waals surface area (Å²) in [5, 5.41) is 3.45. The molecule has 1 aliphatic heterocycles. The van der Waals surface area contributed by atoms with Gasteiger partial charge in [0.05, 0.1) is 0 Å². The maximum Gasteiger partial charge on any atom is 0.222 e. The topological polar surface area (TPSA) is 32.3 Å². The van der Waals surface area contributed by atoms with Crippen LogP contribution in [0.4, 0.5) is 0 Å². The van der Waals surface area contributed by atoms with Crippen LogP contribution in [-0.4, -0.2) is 36.0 Å². The fourth-order valence-electron chi connectivity index (χ4n) is 1.89. The number of rotatable bonds is 2. The maximum atomic E-state index is 11.7. The predicted octanol–water partition coefficient (Wildman–Crippen LogP) is 1.39. The molecule has 1 heterocycles. The molecule has 0 radical (unpaired) electrons. The summed E-state index contributed by atoms with van der Waals surface area (Å²) in [7, 11) is 0. The predicted molar refractivity (Wildman–Crippen MR) is 58.2 cm³/mol. The lowest BCUT2D eigenvalue weighted by molar-refractivity contribution is -0.131. The molecule has 0 aromatic heterocycles. The molecule has 0 saturated carbocycles. The van der Waals surface area contributed by atoms with Gasteiger partial charge in [0.2, 0.25) is 5.91 Å². The van der Waals surface area contributed by atoms with Crippen molar-refractivity contribution in [2.45, 2.75) is 45.6 Å². The Kier molecular flexibility index (Phi) is 3.93. The van der Waals surface area contributed by atoms with E-state index in [-0.39, 0.29) is 5.54 Å². The first kappa shape index (κ1) is 11.5. The van der Waals surface area contributed by atoms with Crippen LogP contribution >= 0.6 is 0 Å². The lowest BCUT2D eigenvalue weighted by atomic mass is 10.1. The van der Waals surface area contributed by atoms with E-state index >= 15 is 0 Å². The van der Waals surface area contributed by atoms with E-state index in [2.05, 4.69) is 26.1 Å². The Morgan fingerprint density at radius 1 is 1.50 bits per heavy atom. The number of amides is 1. The third-order valence-corrected chi connectivity index (χ3v) is 2.61. The van der Waals surface area contributed by atoms with Gasteiger partial charge in [-0.25, -0.2) is 0 Å². The highest BCUT2D eigenvalue weighted by Gasteiger charge is 2.26. The average molecular weight is 198 g/mol. The van der Waals surface area contributed by atoms with Crippen molar-refractivity contribution in [1.29, 1.82) is 0 Å². The van der Waals surface area contributed by atoms with Crippen LogP contribution in [0.3, 0.4) is 0 Å². The van der Waals surface area contributed by atoms with E-state index in [1.807, 2.05) is 4.90 Å². The molecule has 0 aromatic rings. The van der Waals surface area contributed by atoms with Crippen LogP contribution in [-0.2, 0) is 4.79 Å². The molecular formula is C11H22N2O. The zero-order valence-electron chi connectivity index (χ0n) is 9.60. The molecule has 82 valence electrons. The molecule has 1 fully saturated rings. The molecule has 14 heavy (non-hydrogen) atoms. The quantitative estimate of drug-likeness (QED) is 0.727. The highest BCUT2D eigenvalue weighted by Crippen LogP contribution is 2.11. The molecule has 1 aliphatic rings. The summed E-state index contributed by atoms with van der Waals surface area (Å²) >= 11 is 0. The van der Waals surface area contributed by atoms with E-state index in [0.717, 1.165) is 32.5 Å². The summed E-state index contributed by atoms with van der Waals surface area (Å²) < 4.78 is 0. The monoisotopic (exact) mass is 198 g/mol. The summed E-state index contributed by atoms with van der Waals surface area (Å²) in [5.74, 6) is 0.310. The number of hydrogen-bond acceptors (Lipinski definition) is 2. The summed E-state index contributed by atoms with van der Waals surface area (Å²) in [6, 6.07) is 0. The minimum atomic E-state index is 0.0693. The zero-order valence-corrected chi connectivity index (χ0v) is 9.60. The Morgan fingerprint density at radius 2 is 2.21 bits per heavy atom. The van der Waals surface area contributed by atoms with Gasteiger partial charge in [-0.1, -0.05) is 6.92 Å². The molecule has 3 nitrogen and oxygen atoms in total. The Labute approximate surface area is 86.9 Å². The van der Waals surface area contributed by atoms with Crippen molar-refractivity contribution >= 4 is 5.91 Å². The van der Waals surface area contributed by atoms with Crippen LogP contribution in [0.5, 0.6) is 0 Å². The van der Waals surface area contributed by atoms with Gasteiger partial charge < -0.3 is 10.2 Å². The van der Waals surface area contributed by atoms with Gasteiger partial charge in [0.25, 0.3) is 0 Å². The summed E-state index contributed by atoms with van der Waals surface area (Å²) in [5.41, 5.74) is 0.0693. The second-order valence-electron chi connectivity index (χ2n) is 4.73. The van der Waals surface area contributed by atoms with Gasteiger partial charge >= 0.3 is 0 Å². The molecular weight excluding hydrogens is 176 g/mol. The van der Waals surface area contributed by atoms with Crippen molar-refractivity contribution in [3.63, 3.8) is 0 Å². The Balaban J connectivity index is 2.55. The smallest absolute Gasteiger partial charge is 0.222 e. The molecule has 0 bridgehead atoms. The van der Waals surface area contributed by atoms with Crippen molar-refractivity contribution < 1.29 is 4.79 Å². The first-order valence-electron chi connectivity index (χ1n) is 5.58. The number of carbonyl (C=O) groups is 1. The SMILES string of the molecule is CCCC(=O)N1CCCNC(C)(C)C1. The van der Waals surface area contributed by atoms with E-state index in [1.165, 1.54) is 0 Å². The number of hydrogen-bond donors (Lipinski definition) is 1. The van der Waals surface area contributed by atoms with Crippen molar-refractivity contribution in [2.75, 3.05) is 19.6 Å². The van der Waals surface area contributed by atoms with E-state index < -0.39 is 0 Å². The molecule has 1 N–H and O–H groups in total. The molecule has 0 aliphatic carbocycles. The molecule has 1 rings (SSSR count). The van der Waals surface area contributed by atoms with Crippen LogP contribution in [0.2, 0.25) is 0 Å². The summed E-state index contributed by atoms with van der Waals surface area (Å²) in [6.07, 6.45) is 2.71. The third-order valence-electron chi connectivity index (χ3n) is 2.61. The first-order chi connectivity index (χ1) is 6.55. The minimum Gasteiger partial charge on any atom is -0.341 e. The normalized spacial score (nSPS) is 21.8. The van der Waals surface area contributed by atoms with Gasteiger partial charge in [0.1, 0.15) is 0 Å². The lowest BCUT2D eigenvalue weighted by Gasteiger charge is -2.30. The zero-order chi connectivity index (χ0) is 10.6. The van der Waals surface area contributed by atoms with Crippen LogP contribution < -0.4 is 5.32 Å². The number of carbonyl (C=O) groups excluding carboxylic acids is 1. The highest BCUT2D eigenvalue weighted by molar-refractivity contribution is 5.76. The fourth-order valence-corrected chi connectivity index (χ4v) is 1.89. The van der Waals surface area contributed by atoms with Gasteiger partial charge in [-0.15, -0.1) is 0 Å². The second-order valence-corrected chi connectivity index (χ2v) is 4.73. The lowest BCUT2D eigenvalue weighted by Crippen LogP contribution is -2.47. The fraction of sp³-hybridized carbons (Fsp3) is 0.909. The molecule has 3 heteroatoms. The van der Waals surface area contributed by atoms with E-state index in [4.69, 9.17) is 0 Å². The molecule has 0 spiro atoms. The Morgan fingerprint density at radius 3 is 2.86 bits per heavy atom. The highest BCUT2D eigenvalue weighted by atomic mass is 16.2. The average Bonchev–Trinajstić information content (AvgIpc) is 2.27. The largest absolute Gasteiger partial charge is 0.341 e. The minimum absolute atomic E-state index is 0.0693. The molecule has 0 aromatic carbocycles. The number of nitrogens with one attached hydrogen (secondary N) is 1. The molecule has 1 saturated heterocycles. The van der Waals surface area contributed by atoms with Crippen molar-refractivity contribution in [2.24, 2.45) is 0 Å². The van der Waals surface area contributed by atoms with Gasteiger partial charge in [0.15, 0.2) is 0 Å². The van der Waals surface area contributed by atoms with E-state index in [9.17, 15) is 4.79 Å². The van der Waals surface area contributed by atoms with Gasteiger partial charge in [0, 0.05) is 25.0 Å². The van der Waals surface area contributed by atoms with Crippen molar-refractivity contribution in [1.82, 2.24) is 10.2 Å². The first-order valence-corrected chi connectivity index (χ1v) is 5.58. The van der Waals surface area contributed by atoms with Crippen molar-refractivity contribution in [3.8, 4) is 0 Å². The Bertz CT molecular complexity index is 201. The second kappa shape index (κ2) is 4.78. The van der Waals surface area contributed by atoms with Gasteiger partial charge in [-0.3, -0.25) is 4.79 Å². The summed E-state index contributed by atoms with van der Waals surface area (Å²) in [4.78, 5) is 13.7. The standard InChI is InChI=1S/C11H22N2O/c1-4-6-10(14)13-8-5-7-12-11(2,3)9-13/h12H,4-9H2,1-3H3. The maximum absolute atomic E-state index is 11.7. The van der Waals surface area contributed by atoms with Crippen LogP contribution in [0.15, 0.2) is 0 Å². The molecule has 1 amide bonds. The van der Waals surface area contributed by atoms with E-state index in [1.54, 1.807) is 0 Å².